The predicted molar refractivity (Wildman–Crippen MR) is 123 cm³/mol. The summed E-state index contributed by atoms with van der Waals surface area (Å²) in [6.07, 6.45) is 1.42. The molecule has 0 atom stereocenters. The van der Waals surface area contributed by atoms with E-state index in [4.69, 9.17) is 19.6 Å². The molecule has 0 spiro atoms. The van der Waals surface area contributed by atoms with E-state index >= 15 is 0 Å². The van der Waals surface area contributed by atoms with Crippen LogP contribution in [0, 0.1) is 0 Å². The van der Waals surface area contributed by atoms with Gasteiger partial charge in [0.05, 0.1) is 19.2 Å². The van der Waals surface area contributed by atoms with E-state index < -0.39 is 11.9 Å². The Bertz CT molecular complexity index is 1380. The highest BCUT2D eigenvalue weighted by Gasteiger charge is 2.17. The summed E-state index contributed by atoms with van der Waals surface area (Å²) >= 11 is 0. The van der Waals surface area contributed by atoms with Crippen LogP contribution in [-0.4, -0.2) is 34.2 Å². The van der Waals surface area contributed by atoms with Gasteiger partial charge < -0.3 is 29.8 Å². The van der Waals surface area contributed by atoms with Gasteiger partial charge in [0.2, 0.25) is 5.76 Å². The zero-order valence-electron chi connectivity index (χ0n) is 18.3. The summed E-state index contributed by atoms with van der Waals surface area (Å²) in [6, 6.07) is 13.6. The van der Waals surface area contributed by atoms with Crippen molar-refractivity contribution in [3.63, 3.8) is 0 Å². The number of carbonyl (C=O) groups is 2. The Morgan fingerprint density at radius 1 is 1.09 bits per heavy atom. The summed E-state index contributed by atoms with van der Waals surface area (Å²) in [5, 5.41) is 19.2. The minimum absolute atomic E-state index is 0.102. The number of hydrogen-bond donors (Lipinski definition) is 3. The van der Waals surface area contributed by atoms with E-state index in [0.29, 0.717) is 39.3 Å². The molecule has 4 rings (SSSR count). The fraction of sp³-hybridized carbons (Fsp3) is 0.160. The monoisotopic (exact) mass is 462 g/mol. The molecule has 4 aromatic rings. The molecule has 0 bridgehead atoms. The van der Waals surface area contributed by atoms with Crippen molar-refractivity contribution in [2.75, 3.05) is 7.11 Å². The van der Waals surface area contributed by atoms with Gasteiger partial charge in [0.15, 0.2) is 0 Å². The summed E-state index contributed by atoms with van der Waals surface area (Å²) in [5.41, 5.74) is 9.49. The van der Waals surface area contributed by atoms with Gasteiger partial charge in [-0.25, -0.2) is 4.79 Å². The van der Waals surface area contributed by atoms with Crippen LogP contribution in [-0.2, 0) is 24.4 Å². The van der Waals surface area contributed by atoms with Gasteiger partial charge in [-0.05, 0) is 47.5 Å². The average molecular weight is 462 g/mol. The largest absolute Gasteiger partial charge is 0.497 e. The first kappa shape index (κ1) is 22.8. The zero-order valence-corrected chi connectivity index (χ0v) is 18.3. The van der Waals surface area contributed by atoms with Crippen molar-refractivity contribution >= 4 is 22.9 Å². The van der Waals surface area contributed by atoms with E-state index in [0.717, 1.165) is 11.1 Å². The minimum atomic E-state index is -1.17. The number of rotatable bonds is 9. The number of nitrogens with two attached hydrogens (primary N) is 1. The van der Waals surface area contributed by atoms with Gasteiger partial charge in [-0.15, -0.1) is 0 Å². The molecule has 0 aliphatic carbocycles. The fourth-order valence-electron chi connectivity index (χ4n) is 3.64. The Morgan fingerprint density at radius 3 is 2.62 bits per heavy atom. The molecule has 9 heteroatoms. The molecule has 2 aromatic carbocycles. The molecule has 174 valence electrons. The summed E-state index contributed by atoms with van der Waals surface area (Å²) in [6.45, 7) is 0.353. The molecule has 0 radical (unpaired) electrons. The van der Waals surface area contributed by atoms with Crippen LogP contribution in [0.15, 0.2) is 59.1 Å². The van der Waals surface area contributed by atoms with Crippen LogP contribution >= 0.6 is 0 Å². The van der Waals surface area contributed by atoms with Crippen molar-refractivity contribution in [2.45, 2.75) is 19.6 Å². The second-order valence-corrected chi connectivity index (χ2v) is 7.55. The number of fused-ring (bicyclic) bond motifs is 1. The number of aromatic nitrogens is 1. The topological polar surface area (TPSA) is 145 Å². The van der Waals surface area contributed by atoms with E-state index in [1.807, 2.05) is 12.1 Å². The molecule has 4 N–H and O–H groups in total. The summed E-state index contributed by atoms with van der Waals surface area (Å²) in [5.74, 6) is -1.42. The predicted octanol–water partition coefficient (Wildman–Crippen LogP) is 3.87. The third-order valence-electron chi connectivity index (χ3n) is 5.23. The smallest absolute Gasteiger partial charge is 0.371 e. The maximum absolute atomic E-state index is 11.5. The van der Waals surface area contributed by atoms with Gasteiger partial charge in [0.25, 0.3) is 0 Å². The second kappa shape index (κ2) is 9.63. The number of nitrogens with zero attached hydrogens (tertiary/aromatic N) is 1. The highest BCUT2D eigenvalue weighted by Crippen LogP contribution is 2.34. The van der Waals surface area contributed by atoms with Crippen molar-refractivity contribution in [3.8, 4) is 22.6 Å². The number of hydrogen-bond acceptors (Lipinski definition) is 7. The highest BCUT2D eigenvalue weighted by molar-refractivity contribution is 5.98. The molecule has 34 heavy (non-hydrogen) atoms. The number of benzene rings is 2. The van der Waals surface area contributed by atoms with E-state index in [2.05, 4.69) is 4.98 Å². The normalized spacial score (nSPS) is 10.9. The summed E-state index contributed by atoms with van der Waals surface area (Å²) < 4.78 is 16.8. The molecule has 0 amide bonds. The van der Waals surface area contributed by atoms with Gasteiger partial charge in [-0.3, -0.25) is 9.78 Å². The number of methoxy groups -OCH3 is 1. The summed E-state index contributed by atoms with van der Waals surface area (Å²) in [7, 11) is 1.51. The molecule has 0 saturated carbocycles. The highest BCUT2D eigenvalue weighted by atomic mass is 16.5. The van der Waals surface area contributed by atoms with E-state index in [1.165, 1.54) is 13.2 Å². The lowest BCUT2D eigenvalue weighted by Crippen LogP contribution is -2.05. The van der Waals surface area contributed by atoms with Crippen molar-refractivity contribution in [1.29, 1.82) is 0 Å². The first-order valence-corrected chi connectivity index (χ1v) is 10.3. The van der Waals surface area contributed by atoms with Crippen LogP contribution in [0.1, 0.15) is 27.4 Å². The number of furan rings is 1. The number of carboxylic acid groups (broad SMARTS) is 2. The van der Waals surface area contributed by atoms with E-state index in [1.54, 1.807) is 36.5 Å². The van der Waals surface area contributed by atoms with Crippen LogP contribution in [0.2, 0.25) is 0 Å². The lowest BCUT2D eigenvalue weighted by Gasteiger charge is -2.13. The Morgan fingerprint density at radius 2 is 1.91 bits per heavy atom. The lowest BCUT2D eigenvalue weighted by molar-refractivity contribution is -0.136. The van der Waals surface area contributed by atoms with Crippen LogP contribution in [0.4, 0.5) is 0 Å². The Hall–Kier alpha value is -4.37. The Balaban J connectivity index is 1.75. The van der Waals surface area contributed by atoms with Crippen molar-refractivity contribution in [2.24, 2.45) is 5.73 Å². The molecule has 2 aromatic heterocycles. The molecule has 0 unspecified atom stereocenters. The van der Waals surface area contributed by atoms with Crippen LogP contribution in [0.3, 0.4) is 0 Å². The van der Waals surface area contributed by atoms with Gasteiger partial charge >= 0.3 is 11.9 Å². The van der Waals surface area contributed by atoms with Crippen LogP contribution in [0.5, 0.6) is 11.5 Å². The second-order valence-electron chi connectivity index (χ2n) is 7.55. The number of aromatic carboxylic acids is 1. The van der Waals surface area contributed by atoms with E-state index in [9.17, 15) is 19.8 Å². The standard InChI is InChI=1S/C25H22N2O7/c1-32-19-3-2-16(10-23(28)29)21(11-19)33-13-14-6-17-9-22(25(30)31)34-24(17)20(7-14)15-4-5-27-18(8-15)12-26/h2-9,11H,10,12-13,26H2,1H3,(H,28,29)(H,30,31). The maximum Gasteiger partial charge on any atom is 0.371 e. The van der Waals surface area contributed by atoms with E-state index in [-0.39, 0.29) is 25.3 Å². The van der Waals surface area contributed by atoms with Gasteiger partial charge in [-0.1, -0.05) is 6.07 Å². The molecule has 0 aliphatic heterocycles. The third-order valence-corrected chi connectivity index (χ3v) is 5.23. The quantitative estimate of drug-likeness (QED) is 0.337. The molecular formula is C25H22N2O7. The number of ether oxygens (including phenoxy) is 2. The van der Waals surface area contributed by atoms with Crippen LogP contribution in [0.25, 0.3) is 22.1 Å². The van der Waals surface area contributed by atoms with Crippen molar-refractivity contribution in [3.05, 3.63) is 77.3 Å². The molecule has 0 aliphatic rings. The lowest BCUT2D eigenvalue weighted by atomic mass is 10.0. The molecule has 0 fully saturated rings. The first-order chi connectivity index (χ1) is 16.4. The fourth-order valence-corrected chi connectivity index (χ4v) is 3.64. The van der Waals surface area contributed by atoms with Crippen molar-refractivity contribution in [1.82, 2.24) is 4.98 Å². The summed E-state index contributed by atoms with van der Waals surface area (Å²) in [4.78, 5) is 27.0. The zero-order chi connectivity index (χ0) is 24.2. The number of pyridine rings is 1. The number of carboxylic acids is 2. The van der Waals surface area contributed by atoms with Crippen LogP contribution < -0.4 is 15.2 Å². The molecule has 0 saturated heterocycles. The molecular weight excluding hydrogens is 440 g/mol. The molecule has 9 nitrogen and oxygen atoms in total. The Labute approximate surface area is 194 Å². The van der Waals surface area contributed by atoms with Gasteiger partial charge in [0, 0.05) is 35.3 Å². The average Bonchev–Trinajstić information content (AvgIpc) is 3.27. The Kier molecular flexibility index (Phi) is 6.46. The number of aliphatic carboxylic acids is 1. The SMILES string of the molecule is COc1ccc(CC(=O)O)c(OCc2cc(-c3ccnc(CN)c3)c3oc(C(=O)O)cc3c2)c1. The van der Waals surface area contributed by atoms with Crippen molar-refractivity contribution < 1.29 is 33.7 Å². The minimum Gasteiger partial charge on any atom is -0.497 e. The maximum atomic E-state index is 11.5. The first-order valence-electron chi connectivity index (χ1n) is 10.3. The van der Waals surface area contributed by atoms with Gasteiger partial charge in [0.1, 0.15) is 23.7 Å². The van der Waals surface area contributed by atoms with Gasteiger partial charge in [-0.2, -0.15) is 0 Å². The third kappa shape index (κ3) is 4.84. The molecule has 2 heterocycles.